The van der Waals surface area contributed by atoms with Crippen LogP contribution in [-0.2, 0) is 6.54 Å². The molecule has 1 aromatic heterocycles. The highest BCUT2D eigenvalue weighted by molar-refractivity contribution is 5.12. The monoisotopic (exact) mass is 317 g/mol. The standard InChI is InChI=1S/C14H18F3N3O2/c15-14(16,17)12(21)8-19-5-9(6-19)7-20-13(22)4-3-11(18-20)10-1-2-10/h3-4,9-10,12,21H,1-2,5-8H2. The van der Waals surface area contributed by atoms with Crippen molar-refractivity contribution in [2.75, 3.05) is 19.6 Å². The molecule has 1 aliphatic heterocycles. The van der Waals surface area contributed by atoms with Crippen LogP contribution in [0.4, 0.5) is 13.2 Å². The molecular weight excluding hydrogens is 299 g/mol. The fraction of sp³-hybridized carbons (Fsp3) is 0.714. The van der Waals surface area contributed by atoms with Crippen molar-refractivity contribution in [2.45, 2.75) is 37.6 Å². The van der Waals surface area contributed by atoms with Gasteiger partial charge in [-0.15, -0.1) is 0 Å². The molecule has 22 heavy (non-hydrogen) atoms. The molecule has 5 nitrogen and oxygen atoms in total. The minimum Gasteiger partial charge on any atom is -0.382 e. The van der Waals surface area contributed by atoms with E-state index in [-0.39, 0.29) is 11.5 Å². The van der Waals surface area contributed by atoms with Gasteiger partial charge in [-0.25, -0.2) is 4.68 Å². The molecule has 1 N–H and O–H groups in total. The van der Waals surface area contributed by atoms with Gasteiger partial charge in [0.25, 0.3) is 5.56 Å². The summed E-state index contributed by atoms with van der Waals surface area (Å²) >= 11 is 0. The van der Waals surface area contributed by atoms with Crippen LogP contribution in [-0.4, -0.2) is 51.7 Å². The summed E-state index contributed by atoms with van der Waals surface area (Å²) in [5.41, 5.74) is 0.737. The lowest BCUT2D eigenvalue weighted by atomic mass is 9.99. The van der Waals surface area contributed by atoms with Gasteiger partial charge in [-0.05, 0) is 18.9 Å². The van der Waals surface area contributed by atoms with Crippen LogP contribution in [0, 0.1) is 5.92 Å². The smallest absolute Gasteiger partial charge is 0.382 e. The van der Waals surface area contributed by atoms with Crippen molar-refractivity contribution in [2.24, 2.45) is 5.92 Å². The zero-order valence-electron chi connectivity index (χ0n) is 12.0. The van der Waals surface area contributed by atoms with E-state index in [1.54, 1.807) is 11.0 Å². The van der Waals surface area contributed by atoms with E-state index in [9.17, 15) is 18.0 Å². The predicted octanol–water partition coefficient (Wildman–Crippen LogP) is 0.976. The predicted molar refractivity (Wildman–Crippen MR) is 72.5 cm³/mol. The van der Waals surface area contributed by atoms with Gasteiger partial charge in [-0.1, -0.05) is 0 Å². The van der Waals surface area contributed by atoms with Crippen LogP contribution >= 0.6 is 0 Å². The molecule has 8 heteroatoms. The van der Waals surface area contributed by atoms with Crippen molar-refractivity contribution < 1.29 is 18.3 Å². The van der Waals surface area contributed by atoms with E-state index in [0.29, 0.717) is 25.6 Å². The Kier molecular flexibility index (Phi) is 3.98. The van der Waals surface area contributed by atoms with Crippen LogP contribution in [0.2, 0.25) is 0 Å². The molecule has 0 amide bonds. The van der Waals surface area contributed by atoms with Gasteiger partial charge in [-0.2, -0.15) is 18.3 Å². The summed E-state index contributed by atoms with van der Waals surface area (Å²) in [6.45, 7) is 0.881. The van der Waals surface area contributed by atoms with Crippen molar-refractivity contribution in [3.05, 3.63) is 28.2 Å². The molecule has 1 atom stereocenters. The second-order valence-electron chi connectivity index (χ2n) is 6.19. The number of alkyl halides is 3. The first-order chi connectivity index (χ1) is 10.3. The summed E-state index contributed by atoms with van der Waals surface area (Å²) in [7, 11) is 0. The van der Waals surface area contributed by atoms with Crippen molar-refractivity contribution in [3.63, 3.8) is 0 Å². The van der Waals surface area contributed by atoms with E-state index >= 15 is 0 Å². The zero-order chi connectivity index (χ0) is 15.9. The second kappa shape index (κ2) is 5.66. The van der Waals surface area contributed by atoms with Gasteiger partial charge in [0.2, 0.25) is 0 Å². The number of likely N-dealkylation sites (tertiary alicyclic amines) is 1. The fourth-order valence-corrected chi connectivity index (χ4v) is 2.73. The maximum Gasteiger partial charge on any atom is 0.415 e. The number of aromatic nitrogens is 2. The molecule has 1 aromatic rings. The van der Waals surface area contributed by atoms with Crippen molar-refractivity contribution in [1.29, 1.82) is 0 Å². The van der Waals surface area contributed by atoms with Crippen LogP contribution in [0.5, 0.6) is 0 Å². The number of aliphatic hydroxyl groups is 1. The molecule has 1 saturated heterocycles. The Morgan fingerprint density at radius 2 is 2.00 bits per heavy atom. The van der Waals surface area contributed by atoms with Crippen molar-refractivity contribution >= 4 is 0 Å². The first-order valence-electron chi connectivity index (χ1n) is 7.38. The van der Waals surface area contributed by atoms with Gasteiger partial charge in [0.05, 0.1) is 12.2 Å². The first-order valence-corrected chi connectivity index (χ1v) is 7.38. The molecule has 0 bridgehead atoms. The van der Waals surface area contributed by atoms with Crippen molar-refractivity contribution in [1.82, 2.24) is 14.7 Å². The van der Waals surface area contributed by atoms with E-state index in [1.165, 1.54) is 10.7 Å². The van der Waals surface area contributed by atoms with Crippen LogP contribution in [0.3, 0.4) is 0 Å². The summed E-state index contributed by atoms with van der Waals surface area (Å²) in [4.78, 5) is 13.3. The van der Waals surface area contributed by atoms with Gasteiger partial charge in [-0.3, -0.25) is 9.69 Å². The fourth-order valence-electron chi connectivity index (χ4n) is 2.73. The van der Waals surface area contributed by atoms with Crippen LogP contribution in [0.15, 0.2) is 16.9 Å². The summed E-state index contributed by atoms with van der Waals surface area (Å²) in [6.07, 6.45) is -4.70. The Bertz CT molecular complexity index is 592. The third-order valence-corrected chi connectivity index (χ3v) is 4.16. The Labute approximate surface area is 125 Å². The van der Waals surface area contributed by atoms with Gasteiger partial charge in [0.15, 0.2) is 6.10 Å². The first kappa shape index (κ1) is 15.5. The molecule has 2 fully saturated rings. The summed E-state index contributed by atoms with van der Waals surface area (Å²) in [5, 5.41) is 13.3. The number of rotatable bonds is 5. The molecule has 0 radical (unpaired) electrons. The Morgan fingerprint density at radius 1 is 1.32 bits per heavy atom. The average molecular weight is 317 g/mol. The molecule has 1 unspecified atom stereocenters. The maximum absolute atomic E-state index is 12.3. The number of nitrogens with zero attached hydrogens (tertiary/aromatic N) is 3. The lowest BCUT2D eigenvalue weighted by Gasteiger charge is -2.40. The molecule has 0 aromatic carbocycles. The van der Waals surface area contributed by atoms with Gasteiger partial charge in [0.1, 0.15) is 0 Å². The third kappa shape index (κ3) is 3.49. The SMILES string of the molecule is O=c1ccc(C2CC2)nn1CC1CN(CC(O)C(F)(F)F)C1. The highest BCUT2D eigenvalue weighted by atomic mass is 19.4. The number of hydrogen-bond donors (Lipinski definition) is 1. The van der Waals surface area contributed by atoms with Crippen LogP contribution in [0.1, 0.15) is 24.5 Å². The molecule has 122 valence electrons. The minimum absolute atomic E-state index is 0.0973. The number of halogens is 3. The quantitative estimate of drug-likeness (QED) is 0.879. The lowest BCUT2D eigenvalue weighted by molar-refractivity contribution is -0.211. The van der Waals surface area contributed by atoms with E-state index in [4.69, 9.17) is 5.11 Å². The number of aliphatic hydroxyl groups excluding tert-OH is 1. The van der Waals surface area contributed by atoms with Gasteiger partial charge < -0.3 is 5.11 Å². The van der Waals surface area contributed by atoms with E-state index < -0.39 is 18.8 Å². The maximum atomic E-state index is 12.3. The molecule has 0 spiro atoms. The normalized spacial score (nSPS) is 21.6. The number of hydrogen-bond acceptors (Lipinski definition) is 4. The Balaban J connectivity index is 1.52. The average Bonchev–Trinajstić information content (AvgIpc) is 3.21. The summed E-state index contributed by atoms with van der Waals surface area (Å²) in [6, 6.07) is 3.26. The topological polar surface area (TPSA) is 58.4 Å². The molecular formula is C14H18F3N3O2. The highest BCUT2D eigenvalue weighted by Crippen LogP contribution is 2.38. The highest BCUT2D eigenvalue weighted by Gasteiger charge is 2.41. The Morgan fingerprint density at radius 3 is 2.59 bits per heavy atom. The zero-order valence-corrected chi connectivity index (χ0v) is 12.0. The molecule has 2 aliphatic rings. The van der Waals surface area contributed by atoms with Crippen molar-refractivity contribution in [3.8, 4) is 0 Å². The lowest BCUT2D eigenvalue weighted by Crippen LogP contribution is -2.54. The van der Waals surface area contributed by atoms with Crippen LogP contribution in [0.25, 0.3) is 0 Å². The number of β-amino-alcohol motifs (C(OH)–C–C–N with tert-alkyl or cyclic N) is 1. The molecule has 1 aliphatic carbocycles. The van der Waals surface area contributed by atoms with E-state index in [1.807, 2.05) is 0 Å². The second-order valence-corrected chi connectivity index (χ2v) is 6.19. The molecule has 3 rings (SSSR count). The van der Waals surface area contributed by atoms with Crippen LogP contribution < -0.4 is 5.56 Å². The summed E-state index contributed by atoms with van der Waals surface area (Å²) in [5.74, 6) is 0.548. The third-order valence-electron chi connectivity index (χ3n) is 4.16. The molecule has 2 heterocycles. The molecule has 1 saturated carbocycles. The van der Waals surface area contributed by atoms with Gasteiger partial charge >= 0.3 is 6.18 Å². The Hall–Kier alpha value is -1.41. The largest absolute Gasteiger partial charge is 0.415 e. The van der Waals surface area contributed by atoms with E-state index in [0.717, 1.165) is 18.5 Å². The summed E-state index contributed by atoms with van der Waals surface area (Å²) < 4.78 is 38.2. The minimum atomic E-state index is -4.58. The van der Waals surface area contributed by atoms with E-state index in [2.05, 4.69) is 5.10 Å². The van der Waals surface area contributed by atoms with Gasteiger partial charge in [0, 0.05) is 37.5 Å².